The molecule has 0 aromatic heterocycles. The third kappa shape index (κ3) is 4.63. The van der Waals surface area contributed by atoms with Crippen LogP contribution >= 0.6 is 0 Å². The number of hydrogen-bond donors (Lipinski definition) is 1. The Morgan fingerprint density at radius 3 is 2.35 bits per heavy atom. The molecular weight excluding hydrogens is 437 g/mol. The molecule has 3 aliphatic rings. The van der Waals surface area contributed by atoms with Crippen molar-refractivity contribution in [2.24, 2.45) is 0 Å². The van der Waals surface area contributed by atoms with Gasteiger partial charge in [-0.1, -0.05) is 61.7 Å². The number of carbonyl (C=O) groups excluding carboxylic acids is 1. The fraction of sp³-hybridized carbons (Fsp3) is 0.393. The minimum atomic E-state index is -4.48. The Morgan fingerprint density at radius 1 is 0.912 bits per heavy atom. The highest BCUT2D eigenvalue weighted by Gasteiger charge is 2.38. The van der Waals surface area contributed by atoms with Crippen LogP contribution in [0.15, 0.2) is 65.9 Å². The number of halogens is 3. The molecule has 1 aliphatic heterocycles. The Morgan fingerprint density at radius 2 is 1.62 bits per heavy atom. The van der Waals surface area contributed by atoms with E-state index in [0.717, 1.165) is 28.5 Å². The zero-order valence-corrected chi connectivity index (χ0v) is 19.1. The van der Waals surface area contributed by atoms with Crippen LogP contribution in [0.5, 0.6) is 0 Å². The molecule has 6 heteroatoms. The lowest BCUT2D eigenvalue weighted by Gasteiger charge is -2.23. The maximum Gasteiger partial charge on any atom is 0.418 e. The Balaban J connectivity index is 1.30. The molecule has 1 N–H and O–H groups in total. The van der Waals surface area contributed by atoms with E-state index in [1.54, 1.807) is 0 Å². The summed E-state index contributed by atoms with van der Waals surface area (Å²) in [5.41, 5.74) is 4.52. The van der Waals surface area contributed by atoms with Crippen LogP contribution in [0.2, 0.25) is 0 Å². The summed E-state index contributed by atoms with van der Waals surface area (Å²) in [6, 6.07) is 14.3. The molecule has 1 fully saturated rings. The number of carbonyl (C=O) groups is 1. The van der Waals surface area contributed by atoms with Crippen molar-refractivity contribution in [3.05, 3.63) is 77.0 Å². The topological polar surface area (TPSA) is 32.3 Å². The van der Waals surface area contributed by atoms with Gasteiger partial charge < -0.3 is 5.32 Å². The number of alkyl halides is 3. The molecule has 178 valence electrons. The van der Waals surface area contributed by atoms with Crippen LogP contribution in [0.3, 0.4) is 0 Å². The fourth-order valence-electron chi connectivity index (χ4n) is 5.42. The number of amides is 2. The van der Waals surface area contributed by atoms with Gasteiger partial charge in [-0.3, -0.25) is 4.90 Å². The van der Waals surface area contributed by atoms with Gasteiger partial charge >= 0.3 is 12.2 Å². The predicted molar refractivity (Wildman–Crippen MR) is 129 cm³/mol. The molecule has 3 nitrogen and oxygen atoms in total. The Labute approximate surface area is 198 Å². The maximum atomic E-state index is 13.3. The van der Waals surface area contributed by atoms with Gasteiger partial charge in [0, 0.05) is 12.2 Å². The first-order valence-corrected chi connectivity index (χ1v) is 12.2. The summed E-state index contributed by atoms with van der Waals surface area (Å²) in [5.74, 6) is 0.668. The fourth-order valence-corrected chi connectivity index (χ4v) is 5.42. The summed E-state index contributed by atoms with van der Waals surface area (Å²) in [7, 11) is 0. The Kier molecular flexibility index (Phi) is 6.24. The molecule has 34 heavy (non-hydrogen) atoms. The third-order valence-corrected chi connectivity index (χ3v) is 7.24. The van der Waals surface area contributed by atoms with Crippen molar-refractivity contribution in [2.45, 2.75) is 63.5 Å². The molecule has 0 saturated heterocycles. The standard InChI is InChI=1S/C28H29F3N2O/c29-28(30,31)24-8-4-5-9-25(24)32-27(34)33-17-16-23-18-22(14-15-26(23)33)21-12-10-20(11-13-21)19-6-2-1-3-7-19/h8-15,18-19H,1-7,16-17H2,(H,32,34). The van der Waals surface area contributed by atoms with Crippen molar-refractivity contribution in [1.82, 2.24) is 5.32 Å². The molecule has 0 spiro atoms. The molecule has 0 unspecified atom stereocenters. The number of nitrogens with zero attached hydrogens (tertiary/aromatic N) is 1. The lowest BCUT2D eigenvalue weighted by Crippen LogP contribution is -2.40. The van der Waals surface area contributed by atoms with Gasteiger partial charge in [0.2, 0.25) is 0 Å². The third-order valence-electron chi connectivity index (χ3n) is 7.24. The molecule has 2 amide bonds. The van der Waals surface area contributed by atoms with Gasteiger partial charge in [-0.2, -0.15) is 13.2 Å². The van der Waals surface area contributed by atoms with E-state index < -0.39 is 17.8 Å². The second kappa shape index (κ2) is 9.32. The molecular formula is C28H29F3N2O. The van der Waals surface area contributed by atoms with Gasteiger partial charge in [0.05, 0.1) is 11.3 Å². The van der Waals surface area contributed by atoms with E-state index in [2.05, 4.69) is 35.6 Å². The summed E-state index contributed by atoms with van der Waals surface area (Å²) >= 11 is 0. The Hall–Kier alpha value is -3.02. The van der Waals surface area contributed by atoms with Crippen LogP contribution in [-0.4, -0.2) is 18.8 Å². The van der Waals surface area contributed by atoms with Gasteiger partial charge in [0.25, 0.3) is 0 Å². The molecule has 0 atom stereocenters. The van der Waals surface area contributed by atoms with E-state index in [1.807, 2.05) is 12.1 Å². The average Bonchev–Trinajstić information content (AvgIpc) is 3.28. The lowest BCUT2D eigenvalue weighted by atomic mass is 9.83. The van der Waals surface area contributed by atoms with Crippen LogP contribution in [0.1, 0.15) is 62.0 Å². The predicted octanol–water partition coefficient (Wildman–Crippen LogP) is 7.64. The van der Waals surface area contributed by atoms with Crippen molar-refractivity contribution < 1.29 is 18.0 Å². The SMILES string of the molecule is O=C(NC1=CCCC=C1C(F)(F)F)N1CCc2cc(-c3ccc(C4CCCCC4)cc3)ccc21. The number of urea groups is 1. The highest BCUT2D eigenvalue weighted by Crippen LogP contribution is 2.37. The molecule has 5 rings (SSSR count). The van der Waals surface area contributed by atoms with Gasteiger partial charge in [-0.25, -0.2) is 4.79 Å². The molecule has 1 saturated carbocycles. The van der Waals surface area contributed by atoms with Crippen LogP contribution in [0.25, 0.3) is 11.1 Å². The smallest absolute Gasteiger partial charge is 0.307 e. The van der Waals surface area contributed by atoms with Crippen molar-refractivity contribution in [3.63, 3.8) is 0 Å². The number of anilines is 1. The van der Waals surface area contributed by atoms with E-state index in [9.17, 15) is 18.0 Å². The maximum absolute atomic E-state index is 13.3. The molecule has 2 aliphatic carbocycles. The molecule has 2 aromatic carbocycles. The van der Waals surface area contributed by atoms with Crippen molar-refractivity contribution in [3.8, 4) is 11.1 Å². The minimum absolute atomic E-state index is 0.146. The van der Waals surface area contributed by atoms with Crippen LogP contribution in [-0.2, 0) is 6.42 Å². The normalized spacial score (nSPS) is 18.9. The van der Waals surface area contributed by atoms with Gasteiger partial charge in [0.1, 0.15) is 0 Å². The average molecular weight is 467 g/mol. The highest BCUT2D eigenvalue weighted by molar-refractivity contribution is 5.96. The summed E-state index contributed by atoms with van der Waals surface area (Å²) in [6.45, 7) is 0.448. The van der Waals surface area contributed by atoms with Crippen LogP contribution in [0.4, 0.5) is 23.7 Å². The zero-order chi connectivity index (χ0) is 23.7. The summed E-state index contributed by atoms with van der Waals surface area (Å²) in [6.07, 6.45) is 6.12. The van der Waals surface area contributed by atoms with Gasteiger partial charge in [0.15, 0.2) is 0 Å². The quantitative estimate of drug-likeness (QED) is 0.495. The van der Waals surface area contributed by atoms with E-state index in [-0.39, 0.29) is 5.70 Å². The summed E-state index contributed by atoms with van der Waals surface area (Å²) in [5, 5.41) is 2.50. The first kappa shape index (κ1) is 22.8. The number of benzene rings is 2. The Bertz CT molecular complexity index is 1130. The summed E-state index contributed by atoms with van der Waals surface area (Å²) in [4.78, 5) is 14.4. The number of nitrogens with one attached hydrogen (secondary N) is 1. The van der Waals surface area contributed by atoms with Crippen LogP contribution < -0.4 is 10.2 Å². The van der Waals surface area contributed by atoms with Crippen LogP contribution in [0, 0.1) is 0 Å². The van der Waals surface area contributed by atoms with Crippen molar-refractivity contribution in [2.75, 3.05) is 11.4 Å². The largest absolute Gasteiger partial charge is 0.418 e. The molecule has 2 aromatic rings. The van der Waals surface area contributed by atoms with E-state index >= 15 is 0 Å². The first-order chi connectivity index (χ1) is 16.4. The van der Waals surface area contributed by atoms with E-state index in [1.165, 1.54) is 48.6 Å². The second-order valence-corrected chi connectivity index (χ2v) is 9.44. The van der Waals surface area contributed by atoms with E-state index in [0.29, 0.717) is 31.7 Å². The van der Waals surface area contributed by atoms with E-state index in [4.69, 9.17) is 0 Å². The first-order valence-electron chi connectivity index (χ1n) is 12.2. The molecule has 0 bridgehead atoms. The zero-order valence-electron chi connectivity index (χ0n) is 19.1. The van der Waals surface area contributed by atoms with Gasteiger partial charge in [-0.15, -0.1) is 0 Å². The monoisotopic (exact) mass is 466 g/mol. The second-order valence-electron chi connectivity index (χ2n) is 9.44. The number of fused-ring (bicyclic) bond motifs is 1. The number of allylic oxidation sites excluding steroid dienone is 3. The van der Waals surface area contributed by atoms with Crippen molar-refractivity contribution in [1.29, 1.82) is 0 Å². The van der Waals surface area contributed by atoms with Crippen molar-refractivity contribution >= 4 is 11.7 Å². The summed E-state index contributed by atoms with van der Waals surface area (Å²) < 4.78 is 40.0. The number of rotatable bonds is 3. The molecule has 0 radical (unpaired) electrons. The van der Waals surface area contributed by atoms with Gasteiger partial charge in [-0.05, 0) is 72.4 Å². The lowest BCUT2D eigenvalue weighted by molar-refractivity contribution is -0.0901. The number of hydrogen-bond acceptors (Lipinski definition) is 1. The minimum Gasteiger partial charge on any atom is -0.307 e. The molecule has 1 heterocycles. The highest BCUT2D eigenvalue weighted by atomic mass is 19.4.